The largest absolute Gasteiger partial charge is 0.505 e. The van der Waals surface area contributed by atoms with Crippen LogP contribution in [0.15, 0.2) is 78.4 Å². The number of carbonyl (C=O) groups is 4. The van der Waals surface area contributed by atoms with E-state index in [1.807, 2.05) is 6.08 Å². The van der Waals surface area contributed by atoms with Crippen LogP contribution in [-0.2, 0) is 24.6 Å². The molecule has 0 radical (unpaired) electrons. The molecule has 242 valence electrons. The van der Waals surface area contributed by atoms with E-state index in [-0.39, 0.29) is 35.9 Å². The monoisotopic (exact) mass is 659 g/mol. The van der Waals surface area contributed by atoms with E-state index in [4.69, 9.17) is 11.6 Å². The fraction of sp³-hybridized carbons (Fsp3) is 0.333. The number of carbonyl (C=O) groups excluding carboxylic acids is 4. The first-order chi connectivity index (χ1) is 22.3. The first-order valence-corrected chi connectivity index (χ1v) is 15.9. The number of aromatic hydroxyl groups is 1. The molecule has 4 amide bonds. The van der Waals surface area contributed by atoms with Gasteiger partial charge in [-0.2, -0.15) is 5.01 Å². The van der Waals surface area contributed by atoms with Gasteiger partial charge in [0.25, 0.3) is 11.8 Å². The number of phenolic OH excluding ortho intramolecular Hbond substituents is 1. The van der Waals surface area contributed by atoms with Crippen LogP contribution in [0.4, 0.5) is 14.5 Å². The summed E-state index contributed by atoms with van der Waals surface area (Å²) in [5, 5.41) is 12.5. The lowest BCUT2D eigenvalue weighted by Gasteiger charge is -2.50. The zero-order valence-corrected chi connectivity index (χ0v) is 26.6. The van der Waals surface area contributed by atoms with Crippen LogP contribution in [0.25, 0.3) is 0 Å². The standard InChI is InChI=1S/C36H32ClF2N3O5/c1-35(2,3)41-31(44)23-16-15-22-25(28(23)33(41)46)17-26-32(45)42(40-21-13-11-20(38)12-14-21)34(47)36(26,18-7-9-19(37)10-8-18)29(22)24-5-4-6-27(39)30(24)43/h4-15,23,25-26,28-29,40,43H,16-17H2,1-3H3/t23-,25+,26-,28-,29+,36+/m0/s1. The van der Waals surface area contributed by atoms with Crippen molar-refractivity contribution in [1.29, 1.82) is 0 Å². The number of amides is 4. The van der Waals surface area contributed by atoms with Gasteiger partial charge < -0.3 is 5.11 Å². The van der Waals surface area contributed by atoms with E-state index in [1.54, 1.807) is 45.0 Å². The number of hydrazine groups is 1. The molecule has 2 heterocycles. The molecule has 2 aliphatic carbocycles. The van der Waals surface area contributed by atoms with Crippen LogP contribution < -0.4 is 5.43 Å². The summed E-state index contributed by atoms with van der Waals surface area (Å²) < 4.78 is 28.9. The number of fused-ring (bicyclic) bond motifs is 4. The van der Waals surface area contributed by atoms with E-state index in [1.165, 1.54) is 41.3 Å². The van der Waals surface area contributed by atoms with Gasteiger partial charge in [0.1, 0.15) is 5.82 Å². The van der Waals surface area contributed by atoms with E-state index in [0.717, 1.165) is 11.1 Å². The maximum absolute atomic E-state index is 15.2. The lowest BCUT2D eigenvalue weighted by Crippen LogP contribution is -2.53. The number of nitrogens with one attached hydrogen (secondary N) is 1. The van der Waals surface area contributed by atoms with Gasteiger partial charge in [-0.15, -0.1) is 0 Å². The van der Waals surface area contributed by atoms with Gasteiger partial charge >= 0.3 is 0 Å². The van der Waals surface area contributed by atoms with Crippen molar-refractivity contribution in [3.8, 4) is 5.75 Å². The molecule has 3 fully saturated rings. The van der Waals surface area contributed by atoms with Crippen LogP contribution in [0.3, 0.4) is 0 Å². The van der Waals surface area contributed by atoms with Crippen molar-refractivity contribution in [2.45, 2.75) is 50.5 Å². The number of allylic oxidation sites excluding steroid dienone is 2. The number of benzene rings is 3. The molecule has 2 N–H and O–H groups in total. The van der Waals surface area contributed by atoms with Gasteiger partial charge in [0.2, 0.25) is 11.8 Å². The lowest BCUT2D eigenvalue weighted by atomic mass is 9.49. The topological polar surface area (TPSA) is 107 Å². The quantitative estimate of drug-likeness (QED) is 0.259. The van der Waals surface area contributed by atoms with E-state index < -0.39 is 69.7 Å². The van der Waals surface area contributed by atoms with Gasteiger partial charge in [0.15, 0.2) is 11.6 Å². The second-order valence-corrected chi connectivity index (χ2v) is 14.2. The number of nitrogens with zero attached hydrogens (tertiary/aromatic N) is 2. The summed E-state index contributed by atoms with van der Waals surface area (Å²) in [7, 11) is 0. The number of hydrogen-bond acceptors (Lipinski definition) is 6. The Morgan fingerprint density at radius 3 is 2.23 bits per heavy atom. The highest BCUT2D eigenvalue weighted by Crippen LogP contribution is 2.65. The summed E-state index contributed by atoms with van der Waals surface area (Å²) in [6.45, 7) is 5.35. The molecule has 3 aromatic rings. The van der Waals surface area contributed by atoms with Crippen LogP contribution in [-0.4, -0.2) is 44.2 Å². The zero-order chi connectivity index (χ0) is 33.6. The number of anilines is 1. The van der Waals surface area contributed by atoms with Gasteiger partial charge in [-0.3, -0.25) is 29.5 Å². The summed E-state index contributed by atoms with van der Waals surface area (Å²) >= 11 is 6.28. The molecule has 0 spiro atoms. The van der Waals surface area contributed by atoms with Crippen molar-refractivity contribution >= 4 is 40.9 Å². The zero-order valence-electron chi connectivity index (χ0n) is 25.8. The molecule has 2 saturated heterocycles. The van der Waals surface area contributed by atoms with E-state index in [0.29, 0.717) is 16.2 Å². The smallest absolute Gasteiger partial charge is 0.260 e. The van der Waals surface area contributed by atoms with Gasteiger partial charge in [0.05, 0.1) is 28.9 Å². The number of phenols is 1. The SMILES string of the molecule is CC(C)(C)N1C(=O)[C@H]2[C@H](CC=C3[C@H]2C[C@H]2C(=O)N(Nc4ccc(F)cc4)C(=O)[C@@]2(c2ccc(Cl)cc2)[C@H]3c2cccc(F)c2O)C1=O. The summed E-state index contributed by atoms with van der Waals surface area (Å²) in [4.78, 5) is 58.7. The Bertz CT molecular complexity index is 1870. The maximum Gasteiger partial charge on any atom is 0.260 e. The molecule has 2 aliphatic heterocycles. The number of imide groups is 2. The third kappa shape index (κ3) is 4.44. The second-order valence-electron chi connectivity index (χ2n) is 13.7. The molecule has 3 aromatic carbocycles. The van der Waals surface area contributed by atoms with Gasteiger partial charge in [0, 0.05) is 22.0 Å². The van der Waals surface area contributed by atoms with Crippen molar-refractivity contribution in [2.75, 3.05) is 5.43 Å². The van der Waals surface area contributed by atoms with Crippen LogP contribution in [0.2, 0.25) is 5.02 Å². The fourth-order valence-corrected chi connectivity index (χ4v) is 8.55. The average Bonchev–Trinajstić information content (AvgIpc) is 3.41. The van der Waals surface area contributed by atoms with Gasteiger partial charge in [-0.05, 0) is 87.6 Å². The van der Waals surface area contributed by atoms with Crippen molar-refractivity contribution in [3.05, 3.63) is 106 Å². The molecular weight excluding hydrogens is 628 g/mol. The molecule has 8 nitrogen and oxygen atoms in total. The normalized spacial score (nSPS) is 28.6. The summed E-state index contributed by atoms with van der Waals surface area (Å²) in [6, 6.07) is 15.7. The summed E-state index contributed by atoms with van der Waals surface area (Å²) in [5.41, 5.74) is 1.69. The van der Waals surface area contributed by atoms with Crippen molar-refractivity contribution in [3.63, 3.8) is 0 Å². The first-order valence-electron chi connectivity index (χ1n) is 15.5. The van der Waals surface area contributed by atoms with Gasteiger partial charge in [-0.1, -0.05) is 47.5 Å². The Labute approximate surface area is 275 Å². The molecule has 1 saturated carbocycles. The predicted molar refractivity (Wildman–Crippen MR) is 169 cm³/mol. The van der Waals surface area contributed by atoms with E-state index >= 15 is 9.18 Å². The molecule has 4 aliphatic rings. The van der Waals surface area contributed by atoms with Crippen LogP contribution in [0, 0.1) is 35.3 Å². The Kier molecular flexibility index (Phi) is 7.09. The minimum Gasteiger partial charge on any atom is -0.505 e. The highest BCUT2D eigenvalue weighted by atomic mass is 35.5. The molecular formula is C36H32ClF2N3O5. The molecule has 6 atom stereocenters. The molecule has 0 bridgehead atoms. The summed E-state index contributed by atoms with van der Waals surface area (Å²) in [5.74, 6) is -8.39. The second kappa shape index (κ2) is 10.7. The Morgan fingerprint density at radius 2 is 1.57 bits per heavy atom. The molecule has 0 aromatic heterocycles. The highest BCUT2D eigenvalue weighted by molar-refractivity contribution is 6.30. The molecule has 0 unspecified atom stereocenters. The van der Waals surface area contributed by atoms with Crippen molar-refractivity contribution < 1.29 is 33.1 Å². The number of rotatable bonds is 4. The Morgan fingerprint density at radius 1 is 0.894 bits per heavy atom. The molecule has 7 rings (SSSR count). The number of hydrogen-bond donors (Lipinski definition) is 2. The fourth-order valence-electron chi connectivity index (χ4n) is 8.43. The number of likely N-dealkylation sites (tertiary alicyclic amines) is 1. The minimum absolute atomic E-state index is 0.0331. The highest BCUT2D eigenvalue weighted by Gasteiger charge is 2.71. The Hall–Kier alpha value is -4.57. The third-order valence-corrected chi connectivity index (χ3v) is 10.5. The van der Waals surface area contributed by atoms with Gasteiger partial charge in [-0.25, -0.2) is 8.78 Å². The van der Waals surface area contributed by atoms with E-state index in [2.05, 4.69) is 5.43 Å². The van der Waals surface area contributed by atoms with Crippen LogP contribution in [0.5, 0.6) is 5.75 Å². The van der Waals surface area contributed by atoms with Crippen molar-refractivity contribution in [2.24, 2.45) is 23.7 Å². The third-order valence-electron chi connectivity index (χ3n) is 10.3. The molecule has 11 heteroatoms. The number of halogens is 3. The van der Waals surface area contributed by atoms with Crippen LogP contribution >= 0.6 is 11.6 Å². The maximum atomic E-state index is 15.2. The average molecular weight is 660 g/mol. The van der Waals surface area contributed by atoms with Crippen LogP contribution in [0.1, 0.15) is 50.7 Å². The summed E-state index contributed by atoms with van der Waals surface area (Å²) in [6.07, 6.45) is 2.06. The predicted octanol–water partition coefficient (Wildman–Crippen LogP) is 6.11. The Balaban J connectivity index is 1.47. The molecule has 47 heavy (non-hydrogen) atoms. The minimum atomic E-state index is -1.72. The van der Waals surface area contributed by atoms with E-state index in [9.17, 15) is 23.9 Å². The first kappa shape index (κ1) is 31.1. The van der Waals surface area contributed by atoms with Crippen molar-refractivity contribution in [1.82, 2.24) is 9.91 Å². The lowest BCUT2D eigenvalue weighted by molar-refractivity contribution is -0.146. The number of para-hydroxylation sites is 1.